The van der Waals surface area contributed by atoms with Crippen molar-refractivity contribution in [2.45, 2.75) is 46.3 Å². The summed E-state index contributed by atoms with van der Waals surface area (Å²) in [7, 11) is 0. The number of hydrogen-bond donors (Lipinski definition) is 1. The predicted octanol–water partition coefficient (Wildman–Crippen LogP) is 3.67. The molecular weight excluding hydrogens is 248 g/mol. The van der Waals surface area contributed by atoms with Crippen molar-refractivity contribution in [2.24, 2.45) is 0 Å². The molecule has 0 aliphatic heterocycles. The molecule has 0 radical (unpaired) electrons. The highest BCUT2D eigenvalue weighted by atomic mass is 35.5. The van der Waals surface area contributed by atoms with Crippen LogP contribution in [0.25, 0.3) is 0 Å². The zero-order chi connectivity index (χ0) is 13.7. The van der Waals surface area contributed by atoms with Gasteiger partial charge in [0.1, 0.15) is 0 Å². The topological polar surface area (TPSA) is 32.3 Å². The van der Waals surface area contributed by atoms with Crippen LogP contribution >= 0.6 is 11.6 Å². The van der Waals surface area contributed by atoms with Gasteiger partial charge in [-0.3, -0.25) is 0 Å². The molecule has 2 amide bonds. The largest absolute Gasteiger partial charge is 0.336 e. The second-order valence-corrected chi connectivity index (χ2v) is 5.39. The summed E-state index contributed by atoms with van der Waals surface area (Å²) in [4.78, 5) is 13.9. The molecule has 0 aliphatic carbocycles. The summed E-state index contributed by atoms with van der Waals surface area (Å²) in [6.07, 6.45) is 0. The lowest BCUT2D eigenvalue weighted by Crippen LogP contribution is -2.45. The Bertz CT molecular complexity index is 405. The van der Waals surface area contributed by atoms with E-state index in [1.54, 1.807) is 4.90 Å². The molecule has 18 heavy (non-hydrogen) atoms. The van der Waals surface area contributed by atoms with Crippen LogP contribution in [0.5, 0.6) is 0 Å². The molecule has 1 rings (SSSR count). The smallest absolute Gasteiger partial charge is 0.318 e. The Labute approximate surface area is 114 Å². The standard InChI is InChI=1S/C14H21ClN2O/c1-10(2)16-14(18)17(11(3)4)9-12-6-5-7-13(15)8-12/h5-8,10-11H,9H2,1-4H3,(H,16,18). The number of halogens is 1. The van der Waals surface area contributed by atoms with Crippen molar-refractivity contribution in [1.29, 1.82) is 0 Å². The zero-order valence-corrected chi connectivity index (χ0v) is 12.2. The summed E-state index contributed by atoms with van der Waals surface area (Å²) in [5.41, 5.74) is 1.04. The molecule has 0 saturated carbocycles. The minimum absolute atomic E-state index is 0.0417. The third-order valence-corrected chi connectivity index (χ3v) is 2.77. The number of carbonyl (C=O) groups is 1. The molecule has 0 heterocycles. The Morgan fingerprint density at radius 1 is 1.33 bits per heavy atom. The zero-order valence-electron chi connectivity index (χ0n) is 11.4. The van der Waals surface area contributed by atoms with Crippen molar-refractivity contribution >= 4 is 17.6 Å². The molecule has 1 N–H and O–H groups in total. The minimum Gasteiger partial charge on any atom is -0.336 e. The van der Waals surface area contributed by atoms with Gasteiger partial charge in [0.05, 0.1) is 0 Å². The lowest BCUT2D eigenvalue weighted by molar-refractivity contribution is 0.177. The molecule has 3 nitrogen and oxygen atoms in total. The highest BCUT2D eigenvalue weighted by molar-refractivity contribution is 6.30. The van der Waals surface area contributed by atoms with Gasteiger partial charge in [0.15, 0.2) is 0 Å². The van der Waals surface area contributed by atoms with Gasteiger partial charge in [-0.05, 0) is 45.4 Å². The van der Waals surface area contributed by atoms with E-state index in [-0.39, 0.29) is 18.1 Å². The van der Waals surface area contributed by atoms with Crippen molar-refractivity contribution in [3.05, 3.63) is 34.9 Å². The maximum Gasteiger partial charge on any atom is 0.318 e. The Morgan fingerprint density at radius 2 is 2.00 bits per heavy atom. The van der Waals surface area contributed by atoms with Gasteiger partial charge >= 0.3 is 6.03 Å². The molecule has 0 aromatic heterocycles. The highest BCUT2D eigenvalue weighted by Crippen LogP contribution is 2.14. The van der Waals surface area contributed by atoms with Crippen LogP contribution < -0.4 is 5.32 Å². The van der Waals surface area contributed by atoms with Gasteiger partial charge in [-0.2, -0.15) is 0 Å². The van der Waals surface area contributed by atoms with Crippen LogP contribution in [0.1, 0.15) is 33.3 Å². The Morgan fingerprint density at radius 3 is 2.50 bits per heavy atom. The van der Waals surface area contributed by atoms with E-state index in [4.69, 9.17) is 11.6 Å². The molecular formula is C14H21ClN2O. The van der Waals surface area contributed by atoms with Crippen molar-refractivity contribution < 1.29 is 4.79 Å². The average molecular weight is 269 g/mol. The van der Waals surface area contributed by atoms with Gasteiger partial charge in [-0.1, -0.05) is 23.7 Å². The van der Waals surface area contributed by atoms with Crippen LogP contribution in [0.2, 0.25) is 5.02 Å². The lowest BCUT2D eigenvalue weighted by atomic mass is 10.2. The van der Waals surface area contributed by atoms with Crippen LogP contribution in [0, 0.1) is 0 Å². The first-order chi connectivity index (χ1) is 8.40. The van der Waals surface area contributed by atoms with Gasteiger partial charge in [-0.25, -0.2) is 4.79 Å². The number of benzene rings is 1. The first-order valence-corrected chi connectivity index (χ1v) is 6.59. The molecule has 4 heteroatoms. The number of rotatable bonds is 4. The summed E-state index contributed by atoms with van der Waals surface area (Å²) in [6.45, 7) is 8.48. The second-order valence-electron chi connectivity index (χ2n) is 4.96. The molecule has 0 aliphatic rings. The van der Waals surface area contributed by atoms with Gasteiger partial charge in [-0.15, -0.1) is 0 Å². The first kappa shape index (κ1) is 14.8. The van der Waals surface area contributed by atoms with Crippen LogP contribution in [0.15, 0.2) is 24.3 Å². The number of amides is 2. The average Bonchev–Trinajstić information content (AvgIpc) is 2.24. The first-order valence-electron chi connectivity index (χ1n) is 6.21. The fourth-order valence-electron chi connectivity index (χ4n) is 1.65. The SMILES string of the molecule is CC(C)NC(=O)N(Cc1cccc(Cl)c1)C(C)C. The maximum absolute atomic E-state index is 12.1. The van der Waals surface area contributed by atoms with E-state index < -0.39 is 0 Å². The monoisotopic (exact) mass is 268 g/mol. The Balaban J connectivity index is 2.77. The van der Waals surface area contributed by atoms with Gasteiger partial charge < -0.3 is 10.2 Å². The summed E-state index contributed by atoms with van der Waals surface area (Å²) >= 11 is 5.95. The molecule has 1 aromatic carbocycles. The third kappa shape index (κ3) is 4.57. The lowest BCUT2D eigenvalue weighted by Gasteiger charge is -2.28. The van der Waals surface area contributed by atoms with Crippen LogP contribution in [-0.4, -0.2) is 23.0 Å². The van der Waals surface area contributed by atoms with Crippen molar-refractivity contribution in [1.82, 2.24) is 10.2 Å². The van der Waals surface area contributed by atoms with Gasteiger partial charge in [0, 0.05) is 23.7 Å². The van der Waals surface area contributed by atoms with Gasteiger partial charge in [0.2, 0.25) is 0 Å². The molecule has 1 aromatic rings. The van der Waals surface area contributed by atoms with Crippen molar-refractivity contribution in [3.63, 3.8) is 0 Å². The molecule has 0 unspecified atom stereocenters. The van der Waals surface area contributed by atoms with Crippen LogP contribution in [0.3, 0.4) is 0 Å². The van der Waals surface area contributed by atoms with E-state index in [2.05, 4.69) is 5.32 Å². The normalized spacial score (nSPS) is 10.8. The summed E-state index contributed by atoms with van der Waals surface area (Å²) < 4.78 is 0. The Hall–Kier alpha value is -1.22. The quantitative estimate of drug-likeness (QED) is 0.888. The number of nitrogens with zero attached hydrogens (tertiary/aromatic N) is 1. The van der Waals surface area contributed by atoms with Gasteiger partial charge in [0.25, 0.3) is 0 Å². The third-order valence-electron chi connectivity index (χ3n) is 2.54. The molecule has 0 atom stereocenters. The van der Waals surface area contributed by atoms with E-state index in [0.717, 1.165) is 5.56 Å². The number of urea groups is 1. The van der Waals surface area contributed by atoms with E-state index in [1.807, 2.05) is 52.0 Å². The van der Waals surface area contributed by atoms with E-state index in [0.29, 0.717) is 11.6 Å². The van der Waals surface area contributed by atoms with Crippen LogP contribution in [-0.2, 0) is 6.54 Å². The summed E-state index contributed by atoms with van der Waals surface area (Å²) in [5.74, 6) is 0. The summed E-state index contributed by atoms with van der Waals surface area (Å²) in [5, 5.41) is 3.61. The number of nitrogens with one attached hydrogen (secondary N) is 1. The molecule has 100 valence electrons. The molecule has 0 bridgehead atoms. The predicted molar refractivity (Wildman–Crippen MR) is 75.8 cm³/mol. The molecule has 0 saturated heterocycles. The highest BCUT2D eigenvalue weighted by Gasteiger charge is 2.17. The molecule has 0 spiro atoms. The van der Waals surface area contributed by atoms with E-state index >= 15 is 0 Å². The fraction of sp³-hybridized carbons (Fsp3) is 0.500. The van der Waals surface area contributed by atoms with Crippen molar-refractivity contribution in [2.75, 3.05) is 0 Å². The van der Waals surface area contributed by atoms with E-state index in [9.17, 15) is 4.79 Å². The number of carbonyl (C=O) groups excluding carboxylic acids is 1. The number of hydrogen-bond acceptors (Lipinski definition) is 1. The van der Waals surface area contributed by atoms with Crippen molar-refractivity contribution in [3.8, 4) is 0 Å². The van der Waals surface area contributed by atoms with Crippen LogP contribution in [0.4, 0.5) is 4.79 Å². The van der Waals surface area contributed by atoms with E-state index in [1.165, 1.54) is 0 Å². The molecule has 0 fully saturated rings. The second kappa shape index (κ2) is 6.64. The Kier molecular flexibility index (Phi) is 5.48. The minimum atomic E-state index is -0.0417. The fourth-order valence-corrected chi connectivity index (χ4v) is 1.86. The maximum atomic E-state index is 12.1. The summed E-state index contributed by atoms with van der Waals surface area (Å²) in [6, 6.07) is 7.83.